The third-order valence-corrected chi connectivity index (χ3v) is 5.99. The Labute approximate surface area is 177 Å². The van der Waals surface area contributed by atoms with Crippen molar-refractivity contribution < 1.29 is 14.4 Å². The van der Waals surface area contributed by atoms with E-state index in [-0.39, 0.29) is 18.5 Å². The van der Waals surface area contributed by atoms with Gasteiger partial charge in [0.15, 0.2) is 0 Å². The van der Waals surface area contributed by atoms with Crippen molar-refractivity contribution in [3.05, 3.63) is 80.7 Å². The van der Waals surface area contributed by atoms with Crippen LogP contribution in [0.5, 0.6) is 0 Å². The summed E-state index contributed by atoms with van der Waals surface area (Å²) in [6.45, 7) is 0.0965. The molecule has 0 fully saturated rings. The van der Waals surface area contributed by atoms with Crippen LogP contribution in [-0.4, -0.2) is 30.8 Å². The van der Waals surface area contributed by atoms with Crippen molar-refractivity contribution in [1.82, 2.24) is 16.0 Å². The van der Waals surface area contributed by atoms with Crippen LogP contribution in [0.15, 0.2) is 65.4 Å². The summed E-state index contributed by atoms with van der Waals surface area (Å²) in [5.74, 6) is -1.93. The summed E-state index contributed by atoms with van der Waals surface area (Å²) >= 11 is 3.14. The Morgan fingerprint density at radius 2 is 1.55 bits per heavy atom. The van der Waals surface area contributed by atoms with Gasteiger partial charge in [-0.3, -0.25) is 14.4 Å². The van der Waals surface area contributed by atoms with Gasteiger partial charge in [-0.25, -0.2) is 0 Å². The average Bonchev–Trinajstić information content (AvgIpc) is 3.45. The fourth-order valence-electron chi connectivity index (χ4n) is 2.71. The normalized spacial score (nSPS) is 11.4. The van der Waals surface area contributed by atoms with Crippen LogP contribution in [0.3, 0.4) is 0 Å². The summed E-state index contributed by atoms with van der Waals surface area (Å²) < 4.78 is 0. The van der Waals surface area contributed by atoms with Crippen LogP contribution in [0.1, 0.15) is 21.4 Å². The Morgan fingerprint density at radius 3 is 2.24 bits per heavy atom. The molecule has 0 unspecified atom stereocenters. The van der Waals surface area contributed by atoms with Gasteiger partial charge in [-0.2, -0.15) is 0 Å². The van der Waals surface area contributed by atoms with Gasteiger partial charge in [0.25, 0.3) is 0 Å². The second-order valence-electron chi connectivity index (χ2n) is 6.19. The lowest BCUT2D eigenvalue weighted by Gasteiger charge is -2.18. The Hall–Kier alpha value is -2.97. The van der Waals surface area contributed by atoms with E-state index < -0.39 is 11.8 Å². The summed E-state index contributed by atoms with van der Waals surface area (Å²) in [6, 6.07) is 17.1. The number of amides is 3. The lowest BCUT2D eigenvalue weighted by molar-refractivity contribution is -0.139. The zero-order chi connectivity index (χ0) is 20.5. The molecule has 0 aliphatic rings. The van der Waals surface area contributed by atoms with Crippen molar-refractivity contribution in [3.8, 4) is 0 Å². The van der Waals surface area contributed by atoms with Gasteiger partial charge < -0.3 is 16.0 Å². The smallest absolute Gasteiger partial charge is 0.309 e. The highest BCUT2D eigenvalue weighted by atomic mass is 32.1. The maximum Gasteiger partial charge on any atom is 0.309 e. The molecule has 2 aromatic heterocycles. The van der Waals surface area contributed by atoms with E-state index in [1.165, 1.54) is 11.3 Å². The average molecular weight is 428 g/mol. The van der Waals surface area contributed by atoms with Crippen molar-refractivity contribution in [1.29, 1.82) is 0 Å². The molecule has 6 nitrogen and oxygen atoms in total. The van der Waals surface area contributed by atoms with Crippen molar-refractivity contribution in [2.75, 3.05) is 13.1 Å². The first-order valence-corrected chi connectivity index (χ1v) is 10.9. The molecule has 8 heteroatoms. The minimum absolute atomic E-state index is 0.272. The molecule has 0 saturated carbocycles. The minimum atomic E-state index is -0.821. The van der Waals surface area contributed by atoms with Gasteiger partial charge in [0.2, 0.25) is 5.91 Å². The first-order chi connectivity index (χ1) is 14.1. The molecule has 3 amide bonds. The van der Waals surface area contributed by atoms with E-state index >= 15 is 0 Å². The van der Waals surface area contributed by atoms with E-state index in [0.29, 0.717) is 13.0 Å². The third-order valence-electron chi connectivity index (χ3n) is 4.12. The van der Waals surface area contributed by atoms with Gasteiger partial charge in [0.05, 0.1) is 12.6 Å². The molecule has 29 heavy (non-hydrogen) atoms. The molecule has 0 aliphatic carbocycles. The van der Waals surface area contributed by atoms with Crippen molar-refractivity contribution in [2.24, 2.45) is 0 Å². The summed E-state index contributed by atoms with van der Waals surface area (Å²) in [5, 5.41) is 11.8. The Balaban J connectivity index is 1.47. The molecule has 0 bridgehead atoms. The summed E-state index contributed by atoms with van der Waals surface area (Å²) in [4.78, 5) is 38.3. The van der Waals surface area contributed by atoms with Crippen LogP contribution >= 0.6 is 22.7 Å². The van der Waals surface area contributed by atoms with E-state index in [0.717, 1.165) is 15.3 Å². The minimum Gasteiger partial charge on any atom is -0.347 e. The molecule has 1 atom stereocenters. The molecular formula is C21H21N3O3S2. The number of benzene rings is 1. The molecule has 0 radical (unpaired) electrons. The van der Waals surface area contributed by atoms with Crippen molar-refractivity contribution in [3.63, 3.8) is 0 Å². The van der Waals surface area contributed by atoms with Gasteiger partial charge in [-0.1, -0.05) is 42.5 Å². The molecule has 2 heterocycles. The molecule has 0 saturated heterocycles. The van der Waals surface area contributed by atoms with Crippen LogP contribution in [0.25, 0.3) is 0 Å². The third kappa shape index (κ3) is 6.27. The molecular weight excluding hydrogens is 406 g/mol. The molecule has 0 aliphatic heterocycles. The van der Waals surface area contributed by atoms with E-state index in [9.17, 15) is 14.4 Å². The second-order valence-corrected chi connectivity index (χ2v) is 8.21. The second kappa shape index (κ2) is 10.5. The number of hydrogen-bond donors (Lipinski definition) is 3. The summed E-state index contributed by atoms with van der Waals surface area (Å²) in [6.07, 6.45) is 0.663. The summed E-state index contributed by atoms with van der Waals surface area (Å²) in [5.41, 5.74) is 0.945. The maximum atomic E-state index is 12.4. The number of thiophene rings is 2. The lowest BCUT2D eigenvalue weighted by atomic mass is 10.1. The quantitative estimate of drug-likeness (QED) is 0.483. The topological polar surface area (TPSA) is 87.3 Å². The first kappa shape index (κ1) is 20.8. The highest BCUT2D eigenvalue weighted by molar-refractivity contribution is 7.10. The van der Waals surface area contributed by atoms with Gasteiger partial charge >= 0.3 is 11.8 Å². The monoisotopic (exact) mass is 427 g/mol. The molecule has 3 rings (SSSR count). The van der Waals surface area contributed by atoms with Crippen LogP contribution in [-0.2, 0) is 20.8 Å². The molecule has 0 spiro atoms. The van der Waals surface area contributed by atoms with E-state index in [1.54, 1.807) is 11.3 Å². The highest BCUT2D eigenvalue weighted by Gasteiger charge is 2.19. The Kier molecular flexibility index (Phi) is 7.54. The number of carbonyl (C=O) groups excluding carboxylic acids is 3. The van der Waals surface area contributed by atoms with Gasteiger partial charge in [-0.05, 0) is 34.9 Å². The summed E-state index contributed by atoms with van der Waals surface area (Å²) in [7, 11) is 0. The Morgan fingerprint density at radius 1 is 0.828 bits per heavy atom. The van der Waals surface area contributed by atoms with Crippen LogP contribution in [0.4, 0.5) is 0 Å². The van der Waals surface area contributed by atoms with Gasteiger partial charge in [-0.15, -0.1) is 22.7 Å². The van der Waals surface area contributed by atoms with Crippen molar-refractivity contribution in [2.45, 2.75) is 12.5 Å². The molecule has 3 aromatic rings. The molecule has 3 N–H and O–H groups in total. The van der Waals surface area contributed by atoms with Gasteiger partial charge in [0, 0.05) is 16.3 Å². The van der Waals surface area contributed by atoms with Crippen LogP contribution in [0, 0.1) is 0 Å². The predicted molar refractivity (Wildman–Crippen MR) is 115 cm³/mol. The van der Waals surface area contributed by atoms with Crippen LogP contribution < -0.4 is 16.0 Å². The number of nitrogens with one attached hydrogen (secondary N) is 3. The fourth-order valence-corrected chi connectivity index (χ4v) is 4.22. The predicted octanol–water partition coefficient (Wildman–Crippen LogP) is 2.49. The SMILES string of the molecule is O=C(CNC(=O)C(=O)NCCc1cccs1)N[C@@H](c1ccccc1)c1cccs1. The number of rotatable bonds is 8. The standard InChI is InChI=1S/C21H21N3O3S2/c25-18(14-23-21(27)20(26)22-11-10-16-8-4-12-28-16)24-19(17-9-5-13-29-17)15-6-2-1-3-7-15/h1-9,12-13,19H,10-11,14H2,(H,22,26)(H,23,27)(H,24,25)/t19-/m0/s1. The van der Waals surface area contributed by atoms with Crippen LogP contribution in [0.2, 0.25) is 0 Å². The van der Waals surface area contributed by atoms with E-state index in [1.807, 2.05) is 65.4 Å². The highest BCUT2D eigenvalue weighted by Crippen LogP contribution is 2.25. The van der Waals surface area contributed by atoms with Gasteiger partial charge in [0.1, 0.15) is 0 Å². The largest absolute Gasteiger partial charge is 0.347 e. The first-order valence-electron chi connectivity index (χ1n) is 9.09. The van der Waals surface area contributed by atoms with E-state index in [2.05, 4.69) is 16.0 Å². The molecule has 1 aromatic carbocycles. The zero-order valence-corrected chi connectivity index (χ0v) is 17.2. The zero-order valence-electron chi connectivity index (χ0n) is 15.6. The number of hydrogen-bond acceptors (Lipinski definition) is 5. The fraction of sp³-hybridized carbons (Fsp3) is 0.190. The lowest BCUT2D eigenvalue weighted by Crippen LogP contribution is -2.45. The maximum absolute atomic E-state index is 12.4. The van der Waals surface area contributed by atoms with Crippen molar-refractivity contribution >= 4 is 40.4 Å². The Bertz CT molecular complexity index is 926. The molecule has 150 valence electrons. The van der Waals surface area contributed by atoms with E-state index in [4.69, 9.17) is 0 Å². The number of carbonyl (C=O) groups is 3.